The molecule has 0 aromatic heterocycles. The topological polar surface area (TPSA) is 71.4 Å². The van der Waals surface area contributed by atoms with Gasteiger partial charge in [-0.3, -0.25) is 9.59 Å². The van der Waals surface area contributed by atoms with Crippen molar-refractivity contribution in [3.05, 3.63) is 100 Å². The van der Waals surface area contributed by atoms with Gasteiger partial charge in [0.1, 0.15) is 18.1 Å². The van der Waals surface area contributed by atoms with E-state index in [9.17, 15) is 14.0 Å². The third-order valence-corrected chi connectivity index (χ3v) is 6.43. The normalized spacial score (nSPS) is 14.9. The monoisotopic (exact) mass is 523 g/mol. The van der Waals surface area contributed by atoms with Crippen molar-refractivity contribution in [1.29, 1.82) is 0 Å². The van der Waals surface area contributed by atoms with Crippen molar-refractivity contribution in [2.24, 2.45) is 5.10 Å². The first-order chi connectivity index (χ1) is 17.9. The number of amides is 2. The quantitative estimate of drug-likeness (QED) is 0.398. The summed E-state index contributed by atoms with van der Waals surface area (Å²) < 4.78 is 24.5. The predicted octanol–water partition coefficient (Wildman–Crippen LogP) is 4.95. The lowest BCUT2D eigenvalue weighted by Gasteiger charge is -2.27. The van der Waals surface area contributed by atoms with Gasteiger partial charge >= 0.3 is 0 Å². The summed E-state index contributed by atoms with van der Waals surface area (Å²) in [4.78, 5) is 28.2. The van der Waals surface area contributed by atoms with Crippen LogP contribution in [0.15, 0.2) is 77.9 Å². The van der Waals surface area contributed by atoms with Gasteiger partial charge < -0.3 is 14.4 Å². The lowest BCUT2D eigenvalue weighted by Crippen LogP contribution is -2.42. The highest BCUT2D eigenvalue weighted by atomic mass is 35.5. The maximum atomic E-state index is 13.8. The second kappa shape index (κ2) is 12.0. The second-order valence-corrected chi connectivity index (χ2v) is 8.86. The van der Waals surface area contributed by atoms with Gasteiger partial charge in [0.25, 0.3) is 11.8 Å². The average molecular weight is 524 g/mol. The molecule has 1 atom stereocenters. The van der Waals surface area contributed by atoms with Crippen LogP contribution in [-0.4, -0.2) is 61.4 Å². The number of hydrogen-bond donors (Lipinski definition) is 0. The maximum absolute atomic E-state index is 13.8. The first kappa shape index (κ1) is 26.3. The number of carbonyl (C=O) groups excluding carboxylic acids is 2. The number of carbonyl (C=O) groups is 2. The highest BCUT2D eigenvalue weighted by Crippen LogP contribution is 2.38. The lowest BCUT2D eigenvalue weighted by atomic mass is 9.97. The van der Waals surface area contributed by atoms with Crippen molar-refractivity contribution in [2.75, 3.05) is 33.9 Å². The third kappa shape index (κ3) is 5.98. The molecule has 1 aliphatic heterocycles. The zero-order valence-corrected chi connectivity index (χ0v) is 21.3. The van der Waals surface area contributed by atoms with E-state index in [4.69, 9.17) is 21.1 Å². The summed E-state index contributed by atoms with van der Waals surface area (Å²) >= 11 is 6.44. The molecule has 9 heteroatoms. The molecule has 0 saturated heterocycles. The number of halogens is 2. The Kier molecular flexibility index (Phi) is 8.53. The summed E-state index contributed by atoms with van der Waals surface area (Å²) in [6.45, 7) is 0.0773. The number of rotatable bonds is 9. The highest BCUT2D eigenvalue weighted by Gasteiger charge is 2.36. The van der Waals surface area contributed by atoms with E-state index in [0.29, 0.717) is 22.9 Å². The van der Waals surface area contributed by atoms with Crippen LogP contribution >= 0.6 is 11.6 Å². The second-order valence-electron chi connectivity index (χ2n) is 8.46. The van der Waals surface area contributed by atoms with Gasteiger partial charge in [-0.05, 0) is 30.3 Å². The van der Waals surface area contributed by atoms with Gasteiger partial charge in [0.15, 0.2) is 0 Å². The average Bonchev–Trinajstić information content (AvgIpc) is 3.36. The molecular weight excluding hydrogens is 497 g/mol. The number of hydrogen-bond acceptors (Lipinski definition) is 5. The van der Waals surface area contributed by atoms with Crippen LogP contribution in [0.25, 0.3) is 0 Å². The van der Waals surface area contributed by atoms with Crippen LogP contribution in [0.2, 0.25) is 5.02 Å². The van der Waals surface area contributed by atoms with Crippen molar-refractivity contribution < 1.29 is 23.5 Å². The van der Waals surface area contributed by atoms with Gasteiger partial charge in [-0.25, -0.2) is 9.40 Å². The van der Waals surface area contributed by atoms with E-state index in [1.54, 1.807) is 13.2 Å². The maximum Gasteiger partial charge on any atom is 0.262 e. The van der Waals surface area contributed by atoms with Crippen LogP contribution in [0.5, 0.6) is 5.75 Å². The molecule has 0 spiro atoms. The van der Waals surface area contributed by atoms with Gasteiger partial charge in [0, 0.05) is 41.8 Å². The zero-order valence-electron chi connectivity index (χ0n) is 20.6. The largest absolute Gasteiger partial charge is 0.496 e. The van der Waals surface area contributed by atoms with Crippen LogP contribution in [0.3, 0.4) is 0 Å². The lowest BCUT2D eigenvalue weighted by molar-refractivity contribution is -0.133. The summed E-state index contributed by atoms with van der Waals surface area (Å²) in [6, 6.07) is 19.6. The van der Waals surface area contributed by atoms with Gasteiger partial charge in [-0.15, -0.1) is 0 Å². The van der Waals surface area contributed by atoms with Crippen molar-refractivity contribution in [1.82, 2.24) is 9.91 Å². The molecule has 7 nitrogen and oxygen atoms in total. The molecule has 37 heavy (non-hydrogen) atoms. The van der Waals surface area contributed by atoms with E-state index >= 15 is 0 Å². The molecular formula is C28H27ClFN3O4. The van der Waals surface area contributed by atoms with Crippen LogP contribution in [-0.2, 0) is 9.53 Å². The van der Waals surface area contributed by atoms with Crippen LogP contribution in [0.1, 0.15) is 33.9 Å². The Morgan fingerprint density at radius 3 is 2.57 bits per heavy atom. The van der Waals surface area contributed by atoms with Crippen LogP contribution in [0.4, 0.5) is 4.39 Å². The standard InChI is InChI=1S/C28H27ClFN3O4/c1-36-15-14-32(28(35)19-8-7-9-20(30)16-19)18-27(34)33-25(22-11-4-6-13-26(22)37-2)17-24(31-33)21-10-3-5-12-23(21)29/h3-13,16,25H,14-15,17-18H2,1-2H3/t25-/m0/s1. The van der Waals surface area contributed by atoms with E-state index in [2.05, 4.69) is 5.10 Å². The molecule has 3 aromatic carbocycles. The zero-order chi connectivity index (χ0) is 26.4. The summed E-state index contributed by atoms with van der Waals surface area (Å²) in [5.41, 5.74) is 2.30. The minimum absolute atomic E-state index is 0.145. The fourth-order valence-corrected chi connectivity index (χ4v) is 4.52. The van der Waals surface area contributed by atoms with Crippen molar-refractivity contribution in [2.45, 2.75) is 12.5 Å². The summed E-state index contributed by atoms with van der Waals surface area (Å²) in [6.07, 6.45) is 0.408. The number of methoxy groups -OCH3 is 2. The molecule has 3 aromatic rings. The Hall–Kier alpha value is -3.75. The van der Waals surface area contributed by atoms with E-state index in [-0.39, 0.29) is 25.3 Å². The Bertz CT molecular complexity index is 1320. The first-order valence-electron chi connectivity index (χ1n) is 11.7. The van der Waals surface area contributed by atoms with Gasteiger partial charge in [-0.1, -0.05) is 54.1 Å². The Balaban J connectivity index is 1.67. The molecule has 0 aliphatic carbocycles. The summed E-state index contributed by atoms with van der Waals surface area (Å²) in [5, 5.41) is 6.57. The minimum atomic E-state index is -0.534. The third-order valence-electron chi connectivity index (χ3n) is 6.10. The Morgan fingerprint density at radius 2 is 1.84 bits per heavy atom. The number of para-hydroxylation sites is 1. The van der Waals surface area contributed by atoms with Crippen molar-refractivity contribution >= 4 is 29.1 Å². The van der Waals surface area contributed by atoms with Gasteiger partial charge in [0.2, 0.25) is 0 Å². The molecule has 0 N–H and O–H groups in total. The SMILES string of the molecule is COCCN(CC(=O)N1N=C(c2ccccc2Cl)C[C@H]1c1ccccc1OC)C(=O)c1cccc(F)c1. The summed E-state index contributed by atoms with van der Waals surface area (Å²) in [7, 11) is 3.07. The minimum Gasteiger partial charge on any atom is -0.496 e. The molecule has 0 unspecified atom stereocenters. The first-order valence-corrected chi connectivity index (χ1v) is 12.1. The van der Waals surface area contributed by atoms with E-state index in [0.717, 1.165) is 17.2 Å². The number of ether oxygens (including phenoxy) is 2. The number of hydrazone groups is 1. The molecule has 1 heterocycles. The Morgan fingerprint density at radius 1 is 1.08 bits per heavy atom. The van der Waals surface area contributed by atoms with Gasteiger partial charge in [0.05, 0.1) is 25.5 Å². The van der Waals surface area contributed by atoms with Crippen LogP contribution < -0.4 is 4.74 Å². The van der Waals surface area contributed by atoms with Crippen molar-refractivity contribution in [3.63, 3.8) is 0 Å². The van der Waals surface area contributed by atoms with E-state index in [1.807, 2.05) is 42.5 Å². The fourth-order valence-electron chi connectivity index (χ4n) is 4.28. The van der Waals surface area contributed by atoms with E-state index in [1.165, 1.54) is 35.2 Å². The Labute approximate surface area is 220 Å². The molecule has 1 aliphatic rings. The van der Waals surface area contributed by atoms with Crippen molar-refractivity contribution in [3.8, 4) is 5.75 Å². The molecule has 0 bridgehead atoms. The summed E-state index contributed by atoms with van der Waals surface area (Å²) in [5.74, 6) is -0.798. The predicted molar refractivity (Wildman–Crippen MR) is 139 cm³/mol. The number of nitrogens with zero attached hydrogens (tertiary/aromatic N) is 3. The van der Waals surface area contributed by atoms with Gasteiger partial charge in [-0.2, -0.15) is 5.10 Å². The smallest absolute Gasteiger partial charge is 0.262 e. The molecule has 2 amide bonds. The molecule has 0 fully saturated rings. The highest BCUT2D eigenvalue weighted by molar-refractivity contribution is 6.34. The molecule has 192 valence electrons. The molecule has 4 rings (SSSR count). The van der Waals surface area contributed by atoms with Crippen LogP contribution in [0, 0.1) is 5.82 Å². The number of benzene rings is 3. The molecule has 0 radical (unpaired) electrons. The molecule has 0 saturated carbocycles. The van der Waals surface area contributed by atoms with E-state index < -0.39 is 23.7 Å². The fraction of sp³-hybridized carbons (Fsp3) is 0.250.